The summed E-state index contributed by atoms with van der Waals surface area (Å²) in [5.74, 6) is 0. The number of rotatable bonds is 6. The van der Waals surface area contributed by atoms with Crippen molar-refractivity contribution in [3.63, 3.8) is 0 Å². The number of halogens is 2. The summed E-state index contributed by atoms with van der Waals surface area (Å²) in [6, 6.07) is 1.11. The van der Waals surface area contributed by atoms with Crippen LogP contribution in [0.3, 0.4) is 0 Å². The monoisotopic (exact) mass is 231 g/mol. The molecule has 1 atom stereocenters. The van der Waals surface area contributed by atoms with E-state index in [-0.39, 0.29) is 0 Å². The lowest BCUT2D eigenvalue weighted by Gasteiger charge is -2.16. The van der Waals surface area contributed by atoms with Crippen LogP contribution in [0.25, 0.3) is 0 Å². The summed E-state index contributed by atoms with van der Waals surface area (Å²) in [6.07, 6.45) is -1.21. The van der Waals surface area contributed by atoms with Crippen molar-refractivity contribution in [1.29, 1.82) is 0 Å². The van der Waals surface area contributed by atoms with Crippen molar-refractivity contribution in [2.75, 3.05) is 6.54 Å². The van der Waals surface area contributed by atoms with E-state index in [1.165, 1.54) is 0 Å². The van der Waals surface area contributed by atoms with E-state index < -0.39 is 12.5 Å². The van der Waals surface area contributed by atoms with E-state index >= 15 is 0 Å². The van der Waals surface area contributed by atoms with Crippen LogP contribution in [0.2, 0.25) is 0 Å². The number of aryl methyl sites for hydroxylation is 2. The minimum Gasteiger partial charge on any atom is -0.309 e. The third-order valence-corrected chi connectivity index (χ3v) is 2.59. The Labute approximate surface area is 94.8 Å². The zero-order valence-corrected chi connectivity index (χ0v) is 10.0. The van der Waals surface area contributed by atoms with Crippen LogP contribution in [0.15, 0.2) is 6.07 Å². The van der Waals surface area contributed by atoms with Crippen molar-refractivity contribution in [2.24, 2.45) is 7.05 Å². The molecule has 0 aromatic carbocycles. The Morgan fingerprint density at radius 1 is 1.44 bits per heavy atom. The third-order valence-electron chi connectivity index (χ3n) is 2.59. The maximum Gasteiger partial charge on any atom is 0.254 e. The molecule has 3 nitrogen and oxygen atoms in total. The molecule has 0 bridgehead atoms. The Hall–Kier alpha value is -0.970. The summed E-state index contributed by atoms with van der Waals surface area (Å²) in [5, 5.41) is 7.04. The van der Waals surface area contributed by atoms with Gasteiger partial charge in [-0.05, 0) is 19.0 Å². The molecule has 0 amide bonds. The van der Waals surface area contributed by atoms with Crippen molar-refractivity contribution in [3.05, 3.63) is 17.5 Å². The first kappa shape index (κ1) is 13.1. The SMILES string of the molecule is CCNC(Cc1cc(CC)nn1C)C(F)F. The molecule has 0 spiro atoms. The molecular formula is C11H19F2N3. The summed E-state index contributed by atoms with van der Waals surface area (Å²) < 4.78 is 27.1. The van der Waals surface area contributed by atoms with Gasteiger partial charge < -0.3 is 5.32 Å². The van der Waals surface area contributed by atoms with Gasteiger partial charge in [0.1, 0.15) is 0 Å². The van der Waals surface area contributed by atoms with Crippen LogP contribution in [0, 0.1) is 0 Å². The van der Waals surface area contributed by atoms with Gasteiger partial charge in [0.25, 0.3) is 6.43 Å². The van der Waals surface area contributed by atoms with E-state index in [1.54, 1.807) is 11.7 Å². The fourth-order valence-electron chi connectivity index (χ4n) is 1.67. The lowest BCUT2D eigenvalue weighted by atomic mass is 10.1. The van der Waals surface area contributed by atoms with Crippen molar-refractivity contribution in [1.82, 2.24) is 15.1 Å². The quantitative estimate of drug-likeness (QED) is 0.808. The maximum absolute atomic E-state index is 12.7. The van der Waals surface area contributed by atoms with Gasteiger partial charge in [0.05, 0.1) is 11.7 Å². The second-order valence-electron chi connectivity index (χ2n) is 3.81. The Morgan fingerprint density at radius 3 is 2.56 bits per heavy atom. The van der Waals surface area contributed by atoms with E-state index in [9.17, 15) is 8.78 Å². The zero-order chi connectivity index (χ0) is 12.1. The molecule has 0 radical (unpaired) electrons. The Bertz CT molecular complexity index is 323. The van der Waals surface area contributed by atoms with Crippen molar-refractivity contribution in [3.8, 4) is 0 Å². The van der Waals surface area contributed by atoms with Gasteiger partial charge in [-0.15, -0.1) is 0 Å². The number of likely N-dealkylation sites (N-methyl/N-ethyl adjacent to an activating group) is 1. The molecule has 0 aliphatic heterocycles. The topological polar surface area (TPSA) is 29.9 Å². The highest BCUT2D eigenvalue weighted by Crippen LogP contribution is 2.11. The lowest BCUT2D eigenvalue weighted by molar-refractivity contribution is 0.0982. The number of aromatic nitrogens is 2. The summed E-state index contributed by atoms with van der Waals surface area (Å²) in [4.78, 5) is 0. The highest BCUT2D eigenvalue weighted by atomic mass is 19.3. The first-order chi connectivity index (χ1) is 7.58. The largest absolute Gasteiger partial charge is 0.309 e. The van der Waals surface area contributed by atoms with Crippen LogP contribution < -0.4 is 5.32 Å². The van der Waals surface area contributed by atoms with Crippen molar-refractivity contribution >= 4 is 0 Å². The van der Waals surface area contributed by atoms with E-state index in [0.717, 1.165) is 17.8 Å². The molecule has 0 aliphatic carbocycles. The molecular weight excluding hydrogens is 212 g/mol. The van der Waals surface area contributed by atoms with Crippen LogP contribution >= 0.6 is 0 Å². The summed E-state index contributed by atoms with van der Waals surface area (Å²) in [5.41, 5.74) is 1.80. The minimum atomic E-state index is -2.35. The van der Waals surface area contributed by atoms with Gasteiger partial charge in [-0.2, -0.15) is 5.10 Å². The van der Waals surface area contributed by atoms with Crippen LogP contribution in [0.4, 0.5) is 8.78 Å². The Morgan fingerprint density at radius 2 is 2.12 bits per heavy atom. The van der Waals surface area contributed by atoms with Crippen LogP contribution in [0.1, 0.15) is 25.2 Å². The number of nitrogens with one attached hydrogen (secondary N) is 1. The average molecular weight is 231 g/mol. The van der Waals surface area contributed by atoms with Crippen LogP contribution in [0.5, 0.6) is 0 Å². The molecule has 16 heavy (non-hydrogen) atoms. The highest BCUT2D eigenvalue weighted by Gasteiger charge is 2.21. The first-order valence-corrected chi connectivity index (χ1v) is 5.61. The molecule has 1 unspecified atom stereocenters. The Balaban J connectivity index is 2.72. The second-order valence-corrected chi connectivity index (χ2v) is 3.81. The van der Waals surface area contributed by atoms with Crippen molar-refractivity contribution in [2.45, 2.75) is 39.2 Å². The summed E-state index contributed by atoms with van der Waals surface area (Å²) in [6.45, 7) is 4.38. The fourth-order valence-corrected chi connectivity index (χ4v) is 1.67. The molecule has 0 saturated carbocycles. The normalized spacial score (nSPS) is 13.4. The highest BCUT2D eigenvalue weighted by molar-refractivity contribution is 5.11. The van der Waals surface area contributed by atoms with Gasteiger partial charge >= 0.3 is 0 Å². The Kier molecular flexibility index (Phi) is 4.86. The van der Waals surface area contributed by atoms with E-state index in [4.69, 9.17) is 0 Å². The predicted octanol–water partition coefficient (Wildman–Crippen LogP) is 1.77. The van der Waals surface area contributed by atoms with Gasteiger partial charge in [-0.3, -0.25) is 4.68 Å². The van der Waals surface area contributed by atoms with E-state index in [0.29, 0.717) is 13.0 Å². The van der Waals surface area contributed by atoms with Gasteiger partial charge in [0.2, 0.25) is 0 Å². The molecule has 1 rings (SSSR count). The molecule has 92 valence electrons. The maximum atomic E-state index is 12.7. The molecule has 1 aromatic heterocycles. The van der Waals surface area contributed by atoms with Gasteiger partial charge in [0, 0.05) is 19.2 Å². The number of nitrogens with zero attached hydrogens (tertiary/aromatic N) is 2. The number of hydrogen-bond donors (Lipinski definition) is 1. The summed E-state index contributed by atoms with van der Waals surface area (Å²) in [7, 11) is 1.79. The van der Waals surface area contributed by atoms with Crippen LogP contribution in [-0.4, -0.2) is 28.8 Å². The second kappa shape index (κ2) is 5.94. The summed E-state index contributed by atoms with van der Waals surface area (Å²) >= 11 is 0. The molecule has 0 aliphatic rings. The molecule has 1 aromatic rings. The third kappa shape index (κ3) is 3.27. The molecule has 5 heteroatoms. The van der Waals surface area contributed by atoms with E-state index in [1.807, 2.05) is 19.9 Å². The zero-order valence-electron chi connectivity index (χ0n) is 10.0. The van der Waals surface area contributed by atoms with Gasteiger partial charge in [0.15, 0.2) is 0 Å². The molecule has 0 saturated heterocycles. The molecule has 1 N–H and O–H groups in total. The van der Waals surface area contributed by atoms with Crippen molar-refractivity contribution < 1.29 is 8.78 Å². The number of hydrogen-bond acceptors (Lipinski definition) is 2. The van der Waals surface area contributed by atoms with Gasteiger partial charge in [-0.25, -0.2) is 8.78 Å². The van der Waals surface area contributed by atoms with Crippen LogP contribution in [-0.2, 0) is 19.9 Å². The fraction of sp³-hybridized carbons (Fsp3) is 0.727. The smallest absolute Gasteiger partial charge is 0.254 e. The lowest BCUT2D eigenvalue weighted by Crippen LogP contribution is -2.37. The van der Waals surface area contributed by atoms with E-state index in [2.05, 4.69) is 10.4 Å². The predicted molar refractivity (Wildman–Crippen MR) is 59.8 cm³/mol. The van der Waals surface area contributed by atoms with Gasteiger partial charge in [-0.1, -0.05) is 13.8 Å². The number of alkyl halides is 2. The molecule has 0 fully saturated rings. The average Bonchev–Trinajstić information content (AvgIpc) is 2.59. The first-order valence-electron chi connectivity index (χ1n) is 5.61. The molecule has 1 heterocycles. The minimum absolute atomic E-state index is 0.314. The standard InChI is InChI=1S/C11H19F2N3/c1-4-8-6-9(16(3)15-8)7-10(11(12)13)14-5-2/h6,10-11,14H,4-5,7H2,1-3H3.